The third-order valence-electron chi connectivity index (χ3n) is 4.11. The second-order valence-electron chi connectivity index (χ2n) is 6.02. The number of aliphatic hydroxyl groups is 1. The number of rotatable bonds is 5. The third-order valence-corrected chi connectivity index (χ3v) is 4.11. The Morgan fingerprint density at radius 2 is 2.10 bits per heavy atom. The van der Waals surface area contributed by atoms with E-state index in [1.54, 1.807) is 6.07 Å². The average Bonchev–Trinajstić information content (AvgIpc) is 2.95. The van der Waals surface area contributed by atoms with Crippen molar-refractivity contribution in [2.24, 2.45) is 0 Å². The van der Waals surface area contributed by atoms with Crippen LogP contribution in [-0.4, -0.2) is 34.8 Å². The molecule has 0 saturated carbocycles. The molecule has 2 aromatic rings. The fourth-order valence-corrected chi connectivity index (χ4v) is 2.75. The quantitative estimate of drug-likeness (QED) is 0.786. The predicted molar refractivity (Wildman–Crippen MR) is 93.2 cm³/mol. The molecule has 2 heterocycles. The molecule has 0 spiro atoms. The maximum Gasteiger partial charge on any atom is 0.573 e. The highest BCUT2D eigenvalue weighted by atomic mass is 19.4. The number of benzene rings is 1. The number of alkyl halides is 3. The first-order valence-electron chi connectivity index (χ1n) is 8.43. The summed E-state index contributed by atoms with van der Waals surface area (Å²) in [6, 6.07) is 6.92. The van der Waals surface area contributed by atoms with Gasteiger partial charge in [-0.25, -0.2) is 9.78 Å². The lowest BCUT2D eigenvalue weighted by molar-refractivity contribution is -0.274. The van der Waals surface area contributed by atoms with Crippen LogP contribution in [0.2, 0.25) is 0 Å². The Kier molecular flexibility index (Phi) is 5.47. The molecule has 29 heavy (non-hydrogen) atoms. The minimum absolute atomic E-state index is 0.0255. The van der Waals surface area contributed by atoms with Gasteiger partial charge in [0, 0.05) is 12.1 Å². The number of amides is 2. The number of carbonyl (C=O) groups is 1. The van der Waals surface area contributed by atoms with E-state index in [1.807, 2.05) is 6.92 Å². The Hall–Kier alpha value is -3.52. The highest BCUT2D eigenvalue weighted by Gasteiger charge is 2.38. The minimum Gasteiger partial charge on any atom is -0.439 e. The van der Waals surface area contributed by atoms with Crippen LogP contribution in [0, 0.1) is 11.3 Å². The number of nitrogens with zero attached hydrogens (tertiary/aromatic N) is 3. The topological polar surface area (TPSA) is 108 Å². The van der Waals surface area contributed by atoms with Crippen molar-refractivity contribution < 1.29 is 32.5 Å². The Morgan fingerprint density at radius 1 is 1.34 bits per heavy atom. The molecule has 8 nitrogen and oxygen atoms in total. The molecule has 1 aliphatic rings. The SMILES string of the molecule is CC[C@H]1NC(=O)N(c2ccc(Oc3ccc(C#N)c(OC(F)(F)F)c3)nc2)C1O. The van der Waals surface area contributed by atoms with Crippen molar-refractivity contribution in [3.63, 3.8) is 0 Å². The first kappa shape index (κ1) is 20.2. The van der Waals surface area contributed by atoms with Crippen molar-refractivity contribution in [1.29, 1.82) is 5.26 Å². The van der Waals surface area contributed by atoms with Crippen LogP contribution in [0.15, 0.2) is 36.5 Å². The van der Waals surface area contributed by atoms with Crippen molar-refractivity contribution in [1.82, 2.24) is 10.3 Å². The molecule has 1 aromatic heterocycles. The number of anilines is 1. The number of aliphatic hydroxyl groups excluding tert-OH is 1. The lowest BCUT2D eigenvalue weighted by Crippen LogP contribution is -2.36. The molecule has 152 valence electrons. The number of pyridine rings is 1. The molecule has 1 aliphatic heterocycles. The molecule has 3 rings (SSSR count). The van der Waals surface area contributed by atoms with Crippen LogP contribution < -0.4 is 19.7 Å². The van der Waals surface area contributed by atoms with E-state index in [0.717, 1.165) is 17.0 Å². The van der Waals surface area contributed by atoms with Crippen LogP contribution in [0.4, 0.5) is 23.7 Å². The van der Waals surface area contributed by atoms with E-state index in [2.05, 4.69) is 15.0 Å². The molecule has 0 radical (unpaired) electrons. The van der Waals surface area contributed by atoms with Gasteiger partial charge in [-0.15, -0.1) is 13.2 Å². The van der Waals surface area contributed by atoms with Crippen molar-refractivity contribution >= 4 is 11.7 Å². The summed E-state index contributed by atoms with van der Waals surface area (Å²) in [7, 11) is 0. The number of ether oxygens (including phenoxy) is 2. The van der Waals surface area contributed by atoms with E-state index < -0.39 is 30.4 Å². The smallest absolute Gasteiger partial charge is 0.439 e. The normalized spacial score (nSPS) is 18.9. The molecule has 2 amide bonds. The zero-order valence-electron chi connectivity index (χ0n) is 15.0. The van der Waals surface area contributed by atoms with Gasteiger partial charge in [-0.2, -0.15) is 5.26 Å². The maximum atomic E-state index is 12.5. The summed E-state index contributed by atoms with van der Waals surface area (Å²) >= 11 is 0. The van der Waals surface area contributed by atoms with Crippen LogP contribution in [0.25, 0.3) is 0 Å². The fourth-order valence-electron chi connectivity index (χ4n) is 2.75. The summed E-state index contributed by atoms with van der Waals surface area (Å²) in [5, 5.41) is 21.7. The van der Waals surface area contributed by atoms with Gasteiger partial charge in [0.25, 0.3) is 0 Å². The number of nitrogens with one attached hydrogen (secondary N) is 1. The molecular formula is C18H15F3N4O4. The molecule has 1 saturated heterocycles. The van der Waals surface area contributed by atoms with Gasteiger partial charge >= 0.3 is 12.4 Å². The monoisotopic (exact) mass is 408 g/mol. The molecule has 1 unspecified atom stereocenters. The van der Waals surface area contributed by atoms with Crippen molar-refractivity contribution in [2.75, 3.05) is 4.90 Å². The highest BCUT2D eigenvalue weighted by molar-refractivity contribution is 5.94. The van der Waals surface area contributed by atoms with E-state index in [4.69, 9.17) is 10.00 Å². The van der Waals surface area contributed by atoms with E-state index in [1.165, 1.54) is 24.4 Å². The summed E-state index contributed by atoms with van der Waals surface area (Å²) in [5.41, 5.74) is 0.0108. The van der Waals surface area contributed by atoms with Gasteiger partial charge in [0.2, 0.25) is 5.88 Å². The zero-order chi connectivity index (χ0) is 21.2. The summed E-state index contributed by atoms with van der Waals surface area (Å²) in [6.07, 6.45) is -4.19. The van der Waals surface area contributed by atoms with E-state index in [-0.39, 0.29) is 17.2 Å². The summed E-state index contributed by atoms with van der Waals surface area (Å²) in [4.78, 5) is 17.1. The predicted octanol–water partition coefficient (Wildman–Crippen LogP) is 3.27. The highest BCUT2D eigenvalue weighted by Crippen LogP contribution is 2.32. The van der Waals surface area contributed by atoms with E-state index in [0.29, 0.717) is 12.1 Å². The standard InChI is InChI=1S/C18H15F3N4O4/c1-2-13-16(26)25(17(27)24-13)11-4-6-15(23-9-11)28-12-5-3-10(8-22)14(7-12)29-18(19,20)21/h3-7,9,13,16,26H,2H2,1H3,(H,24,27)/t13-,16?/m1/s1. The lowest BCUT2D eigenvalue weighted by Gasteiger charge is -2.20. The van der Waals surface area contributed by atoms with E-state index in [9.17, 15) is 23.1 Å². The number of halogens is 3. The van der Waals surface area contributed by atoms with Gasteiger partial charge in [0.15, 0.2) is 12.0 Å². The fraction of sp³-hybridized carbons (Fsp3) is 0.278. The number of hydrogen-bond donors (Lipinski definition) is 2. The van der Waals surface area contributed by atoms with E-state index >= 15 is 0 Å². The number of urea groups is 1. The summed E-state index contributed by atoms with van der Waals surface area (Å²) < 4.78 is 46.7. The second-order valence-corrected chi connectivity index (χ2v) is 6.02. The molecule has 11 heteroatoms. The first-order chi connectivity index (χ1) is 13.7. The van der Waals surface area contributed by atoms with Gasteiger partial charge in [0.1, 0.15) is 11.8 Å². The number of nitriles is 1. The average molecular weight is 408 g/mol. The molecule has 2 atom stereocenters. The van der Waals surface area contributed by atoms with Crippen LogP contribution in [0.1, 0.15) is 18.9 Å². The Bertz CT molecular complexity index is 944. The molecule has 0 aliphatic carbocycles. The molecule has 1 aromatic carbocycles. The number of hydrogen-bond acceptors (Lipinski definition) is 6. The van der Waals surface area contributed by atoms with Gasteiger partial charge in [0.05, 0.1) is 23.5 Å². The lowest BCUT2D eigenvalue weighted by atomic mass is 10.2. The second kappa shape index (κ2) is 7.84. The van der Waals surface area contributed by atoms with Crippen molar-refractivity contribution in [3.8, 4) is 23.4 Å². The Morgan fingerprint density at radius 3 is 2.66 bits per heavy atom. The van der Waals surface area contributed by atoms with Crippen LogP contribution >= 0.6 is 0 Å². The first-order valence-corrected chi connectivity index (χ1v) is 8.43. The van der Waals surface area contributed by atoms with Crippen molar-refractivity contribution in [2.45, 2.75) is 32.0 Å². The number of carbonyl (C=O) groups excluding carboxylic acids is 1. The summed E-state index contributed by atoms with van der Waals surface area (Å²) in [6.45, 7) is 1.82. The Balaban J connectivity index is 1.77. The Labute approximate surface area is 163 Å². The maximum absolute atomic E-state index is 12.5. The van der Waals surface area contributed by atoms with Crippen molar-refractivity contribution in [3.05, 3.63) is 42.1 Å². The van der Waals surface area contributed by atoms with Gasteiger partial charge < -0.3 is 19.9 Å². The van der Waals surface area contributed by atoms with Crippen LogP contribution in [-0.2, 0) is 0 Å². The molecule has 1 fully saturated rings. The van der Waals surface area contributed by atoms with Crippen LogP contribution in [0.3, 0.4) is 0 Å². The largest absolute Gasteiger partial charge is 0.573 e. The third kappa shape index (κ3) is 4.49. The van der Waals surface area contributed by atoms with Gasteiger partial charge in [-0.05, 0) is 24.6 Å². The zero-order valence-corrected chi connectivity index (χ0v) is 15.0. The molecular weight excluding hydrogens is 393 g/mol. The summed E-state index contributed by atoms with van der Waals surface area (Å²) in [5.74, 6) is -0.706. The molecule has 2 N–H and O–H groups in total. The minimum atomic E-state index is -4.96. The number of aromatic nitrogens is 1. The van der Waals surface area contributed by atoms with Gasteiger partial charge in [-0.3, -0.25) is 4.90 Å². The molecule has 0 bridgehead atoms. The van der Waals surface area contributed by atoms with Crippen LogP contribution in [0.5, 0.6) is 17.4 Å². The van der Waals surface area contributed by atoms with Gasteiger partial charge in [-0.1, -0.05) is 6.92 Å².